The van der Waals surface area contributed by atoms with Crippen molar-refractivity contribution in [3.63, 3.8) is 0 Å². The van der Waals surface area contributed by atoms with Crippen molar-refractivity contribution in [1.29, 1.82) is 0 Å². The van der Waals surface area contributed by atoms with Gasteiger partial charge in [0, 0.05) is 18.5 Å². The van der Waals surface area contributed by atoms with E-state index in [4.69, 9.17) is 5.11 Å². The van der Waals surface area contributed by atoms with Crippen LogP contribution in [-0.2, 0) is 0 Å². The molecule has 1 saturated heterocycles. The minimum atomic E-state index is -0.898. The van der Waals surface area contributed by atoms with E-state index in [1.54, 1.807) is 13.8 Å². The maximum atomic E-state index is 9.85. The Bertz CT molecular complexity index is 178. The highest BCUT2D eigenvalue weighted by Crippen LogP contribution is 2.25. The monoisotopic (exact) mass is 203 g/mol. The molecule has 3 N–H and O–H groups in total. The zero-order chi connectivity index (χ0) is 10.8. The van der Waals surface area contributed by atoms with Crippen LogP contribution in [0.1, 0.15) is 26.7 Å². The quantitative estimate of drug-likeness (QED) is 0.591. The van der Waals surface area contributed by atoms with Crippen LogP contribution in [0, 0.1) is 5.41 Å². The lowest BCUT2D eigenvalue weighted by molar-refractivity contribution is -0.129. The molecule has 84 valence electrons. The van der Waals surface area contributed by atoms with Gasteiger partial charge < -0.3 is 15.3 Å². The van der Waals surface area contributed by atoms with Crippen molar-refractivity contribution in [2.45, 2.75) is 39.0 Å². The van der Waals surface area contributed by atoms with Gasteiger partial charge in [-0.3, -0.25) is 4.90 Å². The van der Waals surface area contributed by atoms with Gasteiger partial charge in [0.15, 0.2) is 0 Å². The molecule has 2 atom stereocenters. The first kappa shape index (κ1) is 11.9. The molecule has 1 rings (SSSR count). The molecule has 0 spiro atoms. The molecule has 1 aliphatic heterocycles. The number of rotatable bonds is 4. The highest BCUT2D eigenvalue weighted by Gasteiger charge is 2.36. The van der Waals surface area contributed by atoms with Crippen molar-refractivity contribution in [2.75, 3.05) is 19.7 Å². The van der Waals surface area contributed by atoms with E-state index >= 15 is 0 Å². The van der Waals surface area contributed by atoms with Crippen LogP contribution < -0.4 is 0 Å². The summed E-state index contributed by atoms with van der Waals surface area (Å²) < 4.78 is 0. The van der Waals surface area contributed by atoms with Crippen molar-refractivity contribution in [3.05, 3.63) is 0 Å². The second-order valence-electron chi connectivity index (χ2n) is 4.75. The lowest BCUT2D eigenvalue weighted by Crippen LogP contribution is -2.50. The minimum absolute atomic E-state index is 0.126. The first-order valence-electron chi connectivity index (χ1n) is 5.20. The van der Waals surface area contributed by atoms with Gasteiger partial charge in [-0.05, 0) is 12.8 Å². The first-order valence-corrected chi connectivity index (χ1v) is 5.20. The molecule has 14 heavy (non-hydrogen) atoms. The molecule has 0 bridgehead atoms. The highest BCUT2D eigenvalue weighted by molar-refractivity contribution is 4.84. The maximum Gasteiger partial charge on any atom is 0.134 e. The van der Waals surface area contributed by atoms with Crippen molar-refractivity contribution < 1.29 is 15.3 Å². The Balaban J connectivity index is 2.54. The molecule has 4 nitrogen and oxygen atoms in total. The van der Waals surface area contributed by atoms with Gasteiger partial charge in [0.25, 0.3) is 0 Å². The number of likely N-dealkylation sites (tertiary alicyclic amines) is 1. The van der Waals surface area contributed by atoms with Crippen molar-refractivity contribution in [3.8, 4) is 0 Å². The minimum Gasteiger partial charge on any atom is -0.396 e. The number of aliphatic hydroxyl groups is 3. The van der Waals surface area contributed by atoms with Gasteiger partial charge in [0.1, 0.15) is 12.3 Å². The predicted octanol–water partition coefficient (Wildman–Crippen LogP) is -0.220. The van der Waals surface area contributed by atoms with E-state index in [9.17, 15) is 10.2 Å². The summed E-state index contributed by atoms with van der Waals surface area (Å²) in [5, 5.41) is 28.8. The van der Waals surface area contributed by atoms with Gasteiger partial charge in [0.2, 0.25) is 0 Å². The smallest absolute Gasteiger partial charge is 0.134 e. The fourth-order valence-corrected chi connectivity index (χ4v) is 1.70. The number of hydrogen-bond acceptors (Lipinski definition) is 4. The van der Waals surface area contributed by atoms with Gasteiger partial charge in [0.05, 0.1) is 6.61 Å². The molecule has 0 aromatic carbocycles. The van der Waals surface area contributed by atoms with Crippen LogP contribution in [0.15, 0.2) is 0 Å². The van der Waals surface area contributed by atoms with Gasteiger partial charge in [-0.15, -0.1) is 0 Å². The Morgan fingerprint density at radius 3 is 2.14 bits per heavy atom. The van der Waals surface area contributed by atoms with Crippen LogP contribution in [0.5, 0.6) is 0 Å². The molecular formula is C10H21NO3. The summed E-state index contributed by atoms with van der Waals surface area (Å²) in [4.78, 5) is 1.86. The van der Waals surface area contributed by atoms with E-state index < -0.39 is 17.7 Å². The van der Waals surface area contributed by atoms with E-state index in [-0.39, 0.29) is 6.61 Å². The standard InChI is InChI=1S/C10H21NO3/c1-10(2,7-12)8(13)9(14)11-5-3-4-6-11/h8-9,12-14H,3-7H2,1-2H3. The molecule has 0 amide bonds. The average molecular weight is 203 g/mol. The van der Waals surface area contributed by atoms with Crippen LogP contribution >= 0.6 is 0 Å². The second kappa shape index (κ2) is 4.57. The van der Waals surface area contributed by atoms with Gasteiger partial charge in [-0.25, -0.2) is 0 Å². The topological polar surface area (TPSA) is 63.9 Å². The molecule has 1 heterocycles. The molecule has 1 fully saturated rings. The highest BCUT2D eigenvalue weighted by atomic mass is 16.3. The van der Waals surface area contributed by atoms with Crippen LogP contribution in [0.25, 0.3) is 0 Å². The molecule has 0 aliphatic carbocycles. The third-order valence-electron chi connectivity index (χ3n) is 3.01. The zero-order valence-electron chi connectivity index (χ0n) is 8.98. The van der Waals surface area contributed by atoms with Crippen molar-refractivity contribution >= 4 is 0 Å². The lowest BCUT2D eigenvalue weighted by atomic mass is 9.86. The molecule has 0 saturated carbocycles. The first-order chi connectivity index (χ1) is 6.49. The summed E-state index contributed by atoms with van der Waals surface area (Å²) in [6.07, 6.45) is 0.400. The Kier molecular flexibility index (Phi) is 3.89. The van der Waals surface area contributed by atoms with E-state index in [0.29, 0.717) is 0 Å². The Morgan fingerprint density at radius 1 is 1.21 bits per heavy atom. The van der Waals surface area contributed by atoms with E-state index in [1.807, 2.05) is 4.90 Å². The maximum absolute atomic E-state index is 9.85. The normalized spacial score (nSPS) is 23.8. The molecule has 4 heteroatoms. The number of aliphatic hydroxyl groups excluding tert-OH is 3. The Morgan fingerprint density at radius 2 is 1.71 bits per heavy atom. The third-order valence-corrected chi connectivity index (χ3v) is 3.01. The van der Waals surface area contributed by atoms with Crippen LogP contribution in [-0.4, -0.2) is 52.2 Å². The molecule has 2 unspecified atom stereocenters. The Hall–Kier alpha value is -0.160. The third kappa shape index (κ3) is 2.45. The van der Waals surface area contributed by atoms with Crippen molar-refractivity contribution in [2.24, 2.45) is 5.41 Å². The molecule has 1 aliphatic rings. The van der Waals surface area contributed by atoms with Gasteiger partial charge >= 0.3 is 0 Å². The fourth-order valence-electron chi connectivity index (χ4n) is 1.70. The summed E-state index contributed by atoms with van der Waals surface area (Å²) in [6.45, 7) is 5.03. The Labute approximate surface area is 85.2 Å². The molecule has 0 radical (unpaired) electrons. The largest absolute Gasteiger partial charge is 0.396 e. The SMILES string of the molecule is CC(C)(CO)C(O)C(O)N1CCCC1. The lowest BCUT2D eigenvalue weighted by Gasteiger charge is -2.35. The summed E-state index contributed by atoms with van der Waals surface area (Å²) in [7, 11) is 0. The number of hydrogen-bond donors (Lipinski definition) is 3. The van der Waals surface area contributed by atoms with Crippen molar-refractivity contribution in [1.82, 2.24) is 4.90 Å². The molecule has 0 aromatic heterocycles. The summed E-state index contributed by atoms with van der Waals surface area (Å²) in [5.41, 5.74) is -0.651. The molecular weight excluding hydrogens is 182 g/mol. The van der Waals surface area contributed by atoms with Crippen LogP contribution in [0.2, 0.25) is 0 Å². The van der Waals surface area contributed by atoms with Crippen LogP contribution in [0.4, 0.5) is 0 Å². The van der Waals surface area contributed by atoms with Gasteiger partial charge in [-0.2, -0.15) is 0 Å². The van der Waals surface area contributed by atoms with E-state index in [1.165, 1.54) is 0 Å². The summed E-state index contributed by atoms with van der Waals surface area (Å²) in [5.74, 6) is 0. The fraction of sp³-hybridized carbons (Fsp3) is 1.00. The summed E-state index contributed by atoms with van der Waals surface area (Å²) >= 11 is 0. The van der Waals surface area contributed by atoms with Crippen LogP contribution in [0.3, 0.4) is 0 Å². The second-order valence-corrected chi connectivity index (χ2v) is 4.75. The number of nitrogens with zero attached hydrogens (tertiary/aromatic N) is 1. The van der Waals surface area contributed by atoms with E-state index in [2.05, 4.69) is 0 Å². The average Bonchev–Trinajstić information content (AvgIpc) is 2.68. The summed E-state index contributed by atoms with van der Waals surface area (Å²) in [6, 6.07) is 0. The van der Waals surface area contributed by atoms with E-state index in [0.717, 1.165) is 25.9 Å². The van der Waals surface area contributed by atoms with Gasteiger partial charge in [-0.1, -0.05) is 13.8 Å². The zero-order valence-corrected chi connectivity index (χ0v) is 8.98. The predicted molar refractivity (Wildman–Crippen MR) is 53.7 cm³/mol. The molecule has 0 aromatic rings.